The number of carbonyl (C=O) groups excluding carboxylic acids is 1. The molecular weight excluding hydrogens is 426 g/mol. The second-order valence-corrected chi connectivity index (χ2v) is 9.16. The minimum Gasteiger partial charge on any atom is -0.484 e. The maximum atomic E-state index is 12.2. The van der Waals surface area contributed by atoms with E-state index in [1.54, 1.807) is 0 Å². The predicted octanol–water partition coefficient (Wildman–Crippen LogP) is 6.17. The summed E-state index contributed by atoms with van der Waals surface area (Å²) in [4.78, 5) is 12.2. The van der Waals surface area contributed by atoms with Crippen molar-refractivity contribution in [1.82, 2.24) is 14.8 Å². The minimum atomic E-state index is -0.503. The van der Waals surface area contributed by atoms with E-state index in [2.05, 4.69) is 10.2 Å². The zero-order valence-corrected chi connectivity index (χ0v) is 19.3. The Balaban J connectivity index is 1.45. The monoisotopic (exact) mass is 451 g/mol. The van der Waals surface area contributed by atoms with Gasteiger partial charge < -0.3 is 14.0 Å². The highest BCUT2D eigenvalue weighted by molar-refractivity contribution is 6.30. The van der Waals surface area contributed by atoms with Crippen LogP contribution in [0.15, 0.2) is 60.8 Å². The van der Waals surface area contributed by atoms with E-state index in [1.807, 2.05) is 93.1 Å². The summed E-state index contributed by atoms with van der Waals surface area (Å²) in [7, 11) is 0. The van der Waals surface area contributed by atoms with Gasteiger partial charge in [0.2, 0.25) is 0 Å². The fraction of sp³-hybridized carbons (Fsp3) is 0.280. The van der Waals surface area contributed by atoms with Gasteiger partial charge in [-0.1, -0.05) is 23.7 Å². The molecule has 32 heavy (non-hydrogen) atoms. The third-order valence-corrected chi connectivity index (χ3v) is 5.20. The van der Waals surface area contributed by atoms with Gasteiger partial charge in [0.15, 0.2) is 0 Å². The molecule has 4 rings (SSSR count). The van der Waals surface area contributed by atoms with E-state index in [0.717, 1.165) is 33.6 Å². The van der Waals surface area contributed by atoms with Crippen molar-refractivity contribution in [3.05, 3.63) is 71.5 Å². The maximum Gasteiger partial charge on any atom is 0.326 e. The zero-order valence-electron chi connectivity index (χ0n) is 18.6. The SMILES string of the molecule is CC(Oc1ccc2c(ccn2CC(=O)OC(C)(C)C)c1)c1cc(-c2ccc(Cl)cc2)n[nH]1. The number of halogens is 1. The van der Waals surface area contributed by atoms with E-state index in [0.29, 0.717) is 5.02 Å². The molecule has 0 fully saturated rings. The summed E-state index contributed by atoms with van der Waals surface area (Å²) in [6, 6.07) is 17.3. The number of ether oxygens (including phenoxy) is 2. The lowest BCUT2D eigenvalue weighted by Gasteiger charge is -2.19. The highest BCUT2D eigenvalue weighted by atomic mass is 35.5. The first-order valence-corrected chi connectivity index (χ1v) is 10.8. The van der Waals surface area contributed by atoms with Crippen LogP contribution in [0.4, 0.5) is 0 Å². The van der Waals surface area contributed by atoms with Gasteiger partial charge in [0.1, 0.15) is 24.0 Å². The van der Waals surface area contributed by atoms with Gasteiger partial charge in [0.25, 0.3) is 0 Å². The van der Waals surface area contributed by atoms with Crippen LogP contribution in [0.3, 0.4) is 0 Å². The van der Waals surface area contributed by atoms with Crippen LogP contribution in [0.5, 0.6) is 5.75 Å². The van der Waals surface area contributed by atoms with E-state index < -0.39 is 5.60 Å². The lowest BCUT2D eigenvalue weighted by atomic mass is 10.1. The van der Waals surface area contributed by atoms with Crippen molar-refractivity contribution in [2.75, 3.05) is 0 Å². The molecule has 1 N–H and O–H groups in total. The minimum absolute atomic E-state index is 0.166. The number of hydrogen-bond donors (Lipinski definition) is 1. The molecule has 1 atom stereocenters. The fourth-order valence-electron chi connectivity index (χ4n) is 3.48. The zero-order chi connectivity index (χ0) is 22.9. The van der Waals surface area contributed by atoms with Crippen molar-refractivity contribution in [3.8, 4) is 17.0 Å². The third-order valence-electron chi connectivity index (χ3n) is 4.95. The molecule has 1 unspecified atom stereocenters. The molecule has 0 aliphatic carbocycles. The van der Waals surface area contributed by atoms with E-state index in [-0.39, 0.29) is 18.6 Å². The Hall–Kier alpha value is -3.25. The van der Waals surface area contributed by atoms with Crippen molar-refractivity contribution in [3.63, 3.8) is 0 Å². The Labute approximate surface area is 192 Å². The number of benzene rings is 2. The fourth-order valence-corrected chi connectivity index (χ4v) is 3.61. The summed E-state index contributed by atoms with van der Waals surface area (Å²) in [5.74, 6) is 0.474. The van der Waals surface area contributed by atoms with Gasteiger partial charge in [-0.25, -0.2) is 0 Å². The molecule has 0 saturated heterocycles. The molecular formula is C25H26ClN3O3. The van der Waals surface area contributed by atoms with Crippen molar-refractivity contribution in [2.24, 2.45) is 0 Å². The Morgan fingerprint density at radius 3 is 2.59 bits per heavy atom. The molecule has 7 heteroatoms. The molecule has 2 aromatic carbocycles. The number of carbonyl (C=O) groups is 1. The number of H-pyrrole nitrogens is 1. The van der Waals surface area contributed by atoms with Crippen LogP contribution in [-0.2, 0) is 16.1 Å². The van der Waals surface area contributed by atoms with Crippen molar-refractivity contribution >= 4 is 28.5 Å². The molecule has 0 bridgehead atoms. The summed E-state index contributed by atoms with van der Waals surface area (Å²) in [5.41, 5.74) is 3.13. The highest BCUT2D eigenvalue weighted by Crippen LogP contribution is 2.28. The first-order chi connectivity index (χ1) is 15.2. The van der Waals surface area contributed by atoms with Gasteiger partial charge in [0, 0.05) is 27.7 Å². The molecule has 166 valence electrons. The first kappa shape index (κ1) is 22.0. The molecule has 0 spiro atoms. The lowest BCUT2D eigenvalue weighted by Crippen LogP contribution is -2.26. The van der Waals surface area contributed by atoms with Crippen LogP contribution in [0.1, 0.15) is 39.5 Å². The van der Waals surface area contributed by atoms with Crippen molar-refractivity contribution in [2.45, 2.75) is 45.9 Å². The smallest absolute Gasteiger partial charge is 0.326 e. The quantitative estimate of drug-likeness (QED) is 0.356. The van der Waals surface area contributed by atoms with E-state index in [9.17, 15) is 4.79 Å². The van der Waals surface area contributed by atoms with Crippen LogP contribution in [0.25, 0.3) is 22.2 Å². The first-order valence-electron chi connectivity index (χ1n) is 10.5. The van der Waals surface area contributed by atoms with E-state index in [4.69, 9.17) is 21.1 Å². The van der Waals surface area contributed by atoms with Gasteiger partial charge >= 0.3 is 5.97 Å². The maximum absolute atomic E-state index is 12.2. The van der Waals surface area contributed by atoms with Gasteiger partial charge in [-0.3, -0.25) is 9.89 Å². The van der Waals surface area contributed by atoms with Crippen molar-refractivity contribution < 1.29 is 14.3 Å². The van der Waals surface area contributed by atoms with Crippen LogP contribution in [0.2, 0.25) is 5.02 Å². The van der Waals surface area contributed by atoms with E-state index in [1.165, 1.54) is 0 Å². The Kier molecular flexibility index (Phi) is 5.98. The Morgan fingerprint density at radius 1 is 1.12 bits per heavy atom. The molecule has 0 amide bonds. The number of fused-ring (bicyclic) bond motifs is 1. The predicted molar refractivity (Wildman–Crippen MR) is 126 cm³/mol. The molecule has 0 radical (unpaired) electrons. The molecule has 2 aromatic heterocycles. The summed E-state index contributed by atoms with van der Waals surface area (Å²) in [6.07, 6.45) is 1.67. The van der Waals surface area contributed by atoms with Gasteiger partial charge in [-0.05, 0) is 70.2 Å². The van der Waals surface area contributed by atoms with Gasteiger partial charge in [-0.2, -0.15) is 5.10 Å². The number of esters is 1. The molecule has 0 saturated carbocycles. The number of rotatable bonds is 6. The standard InChI is InChI=1S/C25H26ClN3O3/c1-16(21-14-22(28-27-21)17-5-7-19(26)8-6-17)31-20-9-10-23-18(13-20)11-12-29(23)15-24(30)32-25(2,3)4/h5-14,16H,15H2,1-4H3,(H,27,28). The van der Waals surface area contributed by atoms with Gasteiger partial charge in [-0.15, -0.1) is 0 Å². The Bertz CT molecular complexity index is 1240. The van der Waals surface area contributed by atoms with Crippen LogP contribution in [-0.4, -0.2) is 26.3 Å². The second-order valence-electron chi connectivity index (χ2n) is 8.73. The second kappa shape index (κ2) is 8.71. The van der Waals surface area contributed by atoms with Crippen LogP contribution < -0.4 is 4.74 Å². The van der Waals surface area contributed by atoms with Crippen LogP contribution in [0, 0.1) is 0 Å². The summed E-state index contributed by atoms with van der Waals surface area (Å²) < 4.78 is 13.4. The molecule has 6 nitrogen and oxygen atoms in total. The lowest BCUT2D eigenvalue weighted by molar-refractivity contribution is -0.155. The highest BCUT2D eigenvalue weighted by Gasteiger charge is 2.17. The summed E-state index contributed by atoms with van der Waals surface area (Å²) >= 11 is 5.97. The average Bonchev–Trinajstić information content (AvgIpc) is 3.35. The number of nitrogens with one attached hydrogen (secondary N) is 1. The third kappa shape index (κ3) is 5.14. The van der Waals surface area contributed by atoms with Gasteiger partial charge in [0.05, 0.1) is 11.4 Å². The largest absolute Gasteiger partial charge is 0.484 e. The van der Waals surface area contributed by atoms with E-state index >= 15 is 0 Å². The van der Waals surface area contributed by atoms with Crippen molar-refractivity contribution in [1.29, 1.82) is 0 Å². The molecule has 0 aliphatic rings. The molecule has 0 aliphatic heterocycles. The number of aromatic amines is 1. The number of hydrogen-bond acceptors (Lipinski definition) is 4. The summed E-state index contributed by atoms with van der Waals surface area (Å²) in [5, 5.41) is 9.13. The number of nitrogens with zero attached hydrogens (tertiary/aromatic N) is 2. The Morgan fingerprint density at radius 2 is 1.88 bits per heavy atom. The molecule has 2 heterocycles. The number of aromatic nitrogens is 3. The van der Waals surface area contributed by atoms with Crippen LogP contribution >= 0.6 is 11.6 Å². The topological polar surface area (TPSA) is 69.1 Å². The normalized spacial score (nSPS) is 12.7. The molecule has 4 aromatic rings. The summed E-state index contributed by atoms with van der Waals surface area (Å²) in [6.45, 7) is 7.72. The average molecular weight is 452 g/mol.